The van der Waals surface area contributed by atoms with E-state index in [-0.39, 0.29) is 12.6 Å². The fourth-order valence-electron chi connectivity index (χ4n) is 2.21. The monoisotopic (exact) mass is 228 g/mol. The standard InChI is InChI=1S/C12H24N2O2/c1-9-4-5-11(8-10(9)2)13-12(16)14(3)6-7-15/h9-11,15H,4-8H2,1-3H3,(H,13,16)/t9-,10+,11-/m1/s1. The molecule has 0 aromatic rings. The van der Waals surface area contributed by atoms with E-state index in [4.69, 9.17) is 5.11 Å². The van der Waals surface area contributed by atoms with Crippen molar-refractivity contribution < 1.29 is 9.90 Å². The van der Waals surface area contributed by atoms with E-state index in [0.717, 1.165) is 18.8 Å². The molecule has 16 heavy (non-hydrogen) atoms. The lowest BCUT2D eigenvalue weighted by Gasteiger charge is -2.33. The minimum atomic E-state index is -0.0687. The van der Waals surface area contributed by atoms with Crippen LogP contribution in [0.5, 0.6) is 0 Å². The molecule has 1 aliphatic carbocycles. The first-order valence-electron chi connectivity index (χ1n) is 6.17. The van der Waals surface area contributed by atoms with E-state index in [1.165, 1.54) is 11.3 Å². The lowest BCUT2D eigenvalue weighted by Crippen LogP contribution is -2.46. The Morgan fingerprint density at radius 2 is 2.06 bits per heavy atom. The molecule has 3 atom stereocenters. The molecule has 1 fully saturated rings. The van der Waals surface area contributed by atoms with Crippen molar-refractivity contribution in [1.29, 1.82) is 0 Å². The minimum Gasteiger partial charge on any atom is -0.395 e. The predicted octanol–water partition coefficient (Wildman–Crippen LogP) is 1.44. The van der Waals surface area contributed by atoms with Gasteiger partial charge in [-0.2, -0.15) is 0 Å². The highest BCUT2D eigenvalue weighted by molar-refractivity contribution is 5.74. The Morgan fingerprint density at radius 1 is 1.38 bits per heavy atom. The summed E-state index contributed by atoms with van der Waals surface area (Å²) in [4.78, 5) is 13.2. The smallest absolute Gasteiger partial charge is 0.317 e. The number of nitrogens with zero attached hydrogens (tertiary/aromatic N) is 1. The molecule has 0 heterocycles. The summed E-state index contributed by atoms with van der Waals surface area (Å²) >= 11 is 0. The normalized spacial score (nSPS) is 29.9. The Hall–Kier alpha value is -0.770. The van der Waals surface area contributed by atoms with Gasteiger partial charge in [-0.3, -0.25) is 0 Å². The van der Waals surface area contributed by atoms with Crippen LogP contribution in [0, 0.1) is 11.8 Å². The number of urea groups is 1. The van der Waals surface area contributed by atoms with Crippen molar-refractivity contribution in [3.05, 3.63) is 0 Å². The molecular formula is C12H24N2O2. The molecule has 0 aromatic carbocycles. The largest absolute Gasteiger partial charge is 0.395 e. The Labute approximate surface area is 98.0 Å². The van der Waals surface area contributed by atoms with Gasteiger partial charge in [0, 0.05) is 19.6 Å². The maximum Gasteiger partial charge on any atom is 0.317 e. The van der Waals surface area contributed by atoms with E-state index in [2.05, 4.69) is 19.2 Å². The second kappa shape index (κ2) is 6.09. The highest BCUT2D eigenvalue weighted by atomic mass is 16.3. The topological polar surface area (TPSA) is 52.6 Å². The van der Waals surface area contributed by atoms with E-state index in [1.807, 2.05) is 0 Å². The molecule has 0 bridgehead atoms. The number of aliphatic hydroxyl groups is 1. The average molecular weight is 228 g/mol. The summed E-state index contributed by atoms with van der Waals surface area (Å²) in [5.41, 5.74) is 0. The van der Waals surface area contributed by atoms with Crippen LogP contribution in [0.25, 0.3) is 0 Å². The molecule has 2 amide bonds. The van der Waals surface area contributed by atoms with Gasteiger partial charge in [0.1, 0.15) is 0 Å². The van der Waals surface area contributed by atoms with Crippen LogP contribution in [-0.2, 0) is 0 Å². The van der Waals surface area contributed by atoms with E-state index >= 15 is 0 Å². The molecule has 1 aliphatic rings. The molecule has 0 aromatic heterocycles. The summed E-state index contributed by atoms with van der Waals surface area (Å²) in [6.45, 7) is 4.94. The fraction of sp³-hybridized carbons (Fsp3) is 0.917. The number of aliphatic hydroxyl groups excluding tert-OH is 1. The van der Waals surface area contributed by atoms with Crippen LogP contribution in [0.3, 0.4) is 0 Å². The Bertz CT molecular complexity index is 233. The van der Waals surface area contributed by atoms with Crippen LogP contribution < -0.4 is 5.32 Å². The predicted molar refractivity (Wildman–Crippen MR) is 64.2 cm³/mol. The van der Waals surface area contributed by atoms with Crippen LogP contribution in [-0.4, -0.2) is 42.3 Å². The Morgan fingerprint density at radius 3 is 2.62 bits per heavy atom. The van der Waals surface area contributed by atoms with Gasteiger partial charge in [0.15, 0.2) is 0 Å². The van der Waals surface area contributed by atoms with E-state index < -0.39 is 0 Å². The number of amides is 2. The molecule has 1 rings (SSSR count). The van der Waals surface area contributed by atoms with Crippen molar-refractivity contribution in [1.82, 2.24) is 10.2 Å². The van der Waals surface area contributed by atoms with Crippen molar-refractivity contribution in [2.24, 2.45) is 11.8 Å². The molecule has 0 radical (unpaired) electrons. The van der Waals surface area contributed by atoms with Crippen LogP contribution in [0.1, 0.15) is 33.1 Å². The first kappa shape index (κ1) is 13.3. The lowest BCUT2D eigenvalue weighted by molar-refractivity contribution is 0.174. The van der Waals surface area contributed by atoms with Crippen LogP contribution in [0.2, 0.25) is 0 Å². The molecule has 1 saturated carbocycles. The van der Waals surface area contributed by atoms with Gasteiger partial charge >= 0.3 is 6.03 Å². The molecule has 4 heteroatoms. The van der Waals surface area contributed by atoms with Crippen LogP contribution >= 0.6 is 0 Å². The number of likely N-dealkylation sites (N-methyl/N-ethyl adjacent to an activating group) is 1. The molecule has 0 aliphatic heterocycles. The van der Waals surface area contributed by atoms with Gasteiger partial charge in [-0.25, -0.2) is 4.79 Å². The lowest BCUT2D eigenvalue weighted by atomic mass is 9.79. The van der Waals surface area contributed by atoms with Gasteiger partial charge in [-0.05, 0) is 31.1 Å². The van der Waals surface area contributed by atoms with Crippen molar-refractivity contribution in [2.45, 2.75) is 39.2 Å². The zero-order valence-corrected chi connectivity index (χ0v) is 10.6. The summed E-state index contributed by atoms with van der Waals surface area (Å²) < 4.78 is 0. The molecule has 2 N–H and O–H groups in total. The highest BCUT2D eigenvalue weighted by Gasteiger charge is 2.26. The molecule has 0 spiro atoms. The van der Waals surface area contributed by atoms with Crippen LogP contribution in [0.15, 0.2) is 0 Å². The number of carbonyl (C=O) groups is 1. The minimum absolute atomic E-state index is 0.0159. The van der Waals surface area contributed by atoms with Gasteiger partial charge in [-0.1, -0.05) is 13.8 Å². The summed E-state index contributed by atoms with van der Waals surface area (Å²) in [7, 11) is 1.71. The summed E-state index contributed by atoms with van der Waals surface area (Å²) in [6.07, 6.45) is 3.33. The number of carbonyl (C=O) groups excluding carboxylic acids is 1. The maximum absolute atomic E-state index is 11.7. The van der Waals surface area contributed by atoms with Crippen LogP contribution in [0.4, 0.5) is 4.79 Å². The van der Waals surface area contributed by atoms with Gasteiger partial charge in [0.2, 0.25) is 0 Å². The fourth-order valence-corrected chi connectivity index (χ4v) is 2.21. The number of hydrogen-bond acceptors (Lipinski definition) is 2. The quantitative estimate of drug-likeness (QED) is 0.768. The summed E-state index contributed by atoms with van der Waals surface area (Å²) in [6, 6.07) is 0.237. The second-order valence-electron chi connectivity index (χ2n) is 5.06. The molecule has 0 unspecified atom stereocenters. The summed E-state index contributed by atoms with van der Waals surface area (Å²) in [5, 5.41) is 11.8. The Balaban J connectivity index is 2.34. The first-order valence-corrected chi connectivity index (χ1v) is 6.17. The van der Waals surface area contributed by atoms with E-state index in [1.54, 1.807) is 7.05 Å². The van der Waals surface area contributed by atoms with E-state index in [9.17, 15) is 4.79 Å². The Kier molecular flexibility index (Phi) is 5.06. The van der Waals surface area contributed by atoms with Gasteiger partial charge in [0.25, 0.3) is 0 Å². The van der Waals surface area contributed by atoms with Gasteiger partial charge < -0.3 is 15.3 Å². The van der Waals surface area contributed by atoms with Crippen molar-refractivity contribution >= 4 is 6.03 Å². The third kappa shape index (κ3) is 3.67. The molecule has 0 saturated heterocycles. The SMILES string of the molecule is C[C@@H]1CC[C@@H](NC(=O)N(C)CCO)C[C@@H]1C. The third-order valence-corrected chi connectivity index (χ3v) is 3.71. The van der Waals surface area contributed by atoms with Crippen molar-refractivity contribution in [2.75, 3.05) is 20.2 Å². The van der Waals surface area contributed by atoms with Gasteiger partial charge in [0.05, 0.1) is 6.61 Å². The van der Waals surface area contributed by atoms with Crippen molar-refractivity contribution in [3.8, 4) is 0 Å². The average Bonchev–Trinajstić information content (AvgIpc) is 2.24. The van der Waals surface area contributed by atoms with Crippen molar-refractivity contribution in [3.63, 3.8) is 0 Å². The van der Waals surface area contributed by atoms with Gasteiger partial charge in [-0.15, -0.1) is 0 Å². The zero-order valence-electron chi connectivity index (χ0n) is 10.6. The third-order valence-electron chi connectivity index (χ3n) is 3.71. The number of nitrogens with one attached hydrogen (secondary N) is 1. The molecule has 4 nitrogen and oxygen atoms in total. The second-order valence-corrected chi connectivity index (χ2v) is 5.06. The molecular weight excluding hydrogens is 204 g/mol. The summed E-state index contributed by atoms with van der Waals surface area (Å²) in [5.74, 6) is 1.45. The maximum atomic E-state index is 11.7. The number of hydrogen-bond donors (Lipinski definition) is 2. The highest BCUT2D eigenvalue weighted by Crippen LogP contribution is 2.29. The number of rotatable bonds is 3. The molecule has 94 valence electrons. The first-order chi connectivity index (χ1) is 7.54. The van der Waals surface area contributed by atoms with E-state index in [0.29, 0.717) is 18.5 Å². The zero-order chi connectivity index (χ0) is 12.1.